The molecule has 3 N–H and O–H groups in total. The topological polar surface area (TPSA) is 90.0 Å². The second kappa shape index (κ2) is 5.61. The second-order valence-corrected chi connectivity index (χ2v) is 5.52. The van der Waals surface area contributed by atoms with Crippen LogP contribution < -0.4 is 10.5 Å². The first-order chi connectivity index (χ1) is 7.88. The average Bonchev–Trinajstić information content (AvgIpc) is 2.48. The van der Waals surface area contributed by atoms with Crippen molar-refractivity contribution in [3.63, 3.8) is 0 Å². The molecule has 1 aromatic rings. The van der Waals surface area contributed by atoms with Crippen molar-refractivity contribution in [1.29, 1.82) is 0 Å². The Morgan fingerprint density at radius 2 is 2.00 bits per heavy atom. The Morgan fingerprint density at radius 1 is 1.35 bits per heavy atom. The van der Waals surface area contributed by atoms with Gasteiger partial charge in [0.25, 0.3) is 0 Å². The van der Waals surface area contributed by atoms with Crippen LogP contribution >= 0.6 is 0 Å². The molecular formula is C10H20N4O2S. The van der Waals surface area contributed by atoms with Crippen molar-refractivity contribution in [2.75, 3.05) is 13.1 Å². The van der Waals surface area contributed by atoms with Gasteiger partial charge in [-0.2, -0.15) is 5.10 Å². The molecule has 0 aliphatic carbocycles. The van der Waals surface area contributed by atoms with Gasteiger partial charge in [-0.1, -0.05) is 6.92 Å². The molecule has 0 amide bonds. The molecule has 7 heteroatoms. The molecule has 6 nitrogen and oxygen atoms in total. The van der Waals surface area contributed by atoms with Crippen LogP contribution in [0.2, 0.25) is 0 Å². The average molecular weight is 260 g/mol. The number of nitrogens with one attached hydrogen (secondary N) is 1. The highest BCUT2D eigenvalue weighted by atomic mass is 32.2. The third-order valence-electron chi connectivity index (χ3n) is 2.53. The molecule has 1 aromatic heterocycles. The SMILES string of the molecule is CCCNCCn1nc(C)c(S(N)(=O)=O)c1C. The summed E-state index contributed by atoms with van der Waals surface area (Å²) in [6.07, 6.45) is 1.07. The third-order valence-corrected chi connectivity index (χ3v) is 3.69. The number of aryl methyl sites for hydroxylation is 1. The van der Waals surface area contributed by atoms with Crippen LogP contribution in [-0.2, 0) is 16.6 Å². The van der Waals surface area contributed by atoms with E-state index in [2.05, 4.69) is 17.3 Å². The summed E-state index contributed by atoms with van der Waals surface area (Å²) in [7, 11) is -3.68. The van der Waals surface area contributed by atoms with Gasteiger partial charge in [0.2, 0.25) is 10.0 Å². The van der Waals surface area contributed by atoms with Crippen LogP contribution in [0.4, 0.5) is 0 Å². The summed E-state index contributed by atoms with van der Waals surface area (Å²) in [5.74, 6) is 0. The first-order valence-corrected chi connectivity index (χ1v) is 7.20. The molecule has 98 valence electrons. The molecule has 1 rings (SSSR count). The van der Waals surface area contributed by atoms with Crippen molar-refractivity contribution in [3.8, 4) is 0 Å². The lowest BCUT2D eigenvalue weighted by molar-refractivity contribution is 0.540. The van der Waals surface area contributed by atoms with E-state index in [1.54, 1.807) is 18.5 Å². The highest BCUT2D eigenvalue weighted by Gasteiger charge is 2.20. The molecule has 0 aliphatic heterocycles. The number of primary sulfonamides is 1. The van der Waals surface area contributed by atoms with Gasteiger partial charge in [-0.15, -0.1) is 0 Å². The first kappa shape index (κ1) is 14.1. The van der Waals surface area contributed by atoms with Crippen LogP contribution in [0.25, 0.3) is 0 Å². The second-order valence-electron chi connectivity index (χ2n) is 4.02. The summed E-state index contributed by atoms with van der Waals surface area (Å²) in [5, 5.41) is 12.6. The van der Waals surface area contributed by atoms with Gasteiger partial charge in [0.05, 0.1) is 17.9 Å². The fourth-order valence-corrected chi connectivity index (χ4v) is 2.77. The minimum atomic E-state index is -3.68. The molecule has 0 aromatic carbocycles. The van der Waals surface area contributed by atoms with Gasteiger partial charge in [-0.05, 0) is 26.8 Å². The largest absolute Gasteiger partial charge is 0.315 e. The van der Waals surface area contributed by atoms with E-state index in [1.165, 1.54) is 0 Å². The van der Waals surface area contributed by atoms with Crippen molar-refractivity contribution < 1.29 is 8.42 Å². The van der Waals surface area contributed by atoms with Crippen LogP contribution in [0, 0.1) is 13.8 Å². The molecule has 0 fully saturated rings. The van der Waals surface area contributed by atoms with Crippen LogP contribution in [-0.4, -0.2) is 31.3 Å². The normalized spacial score (nSPS) is 12.0. The van der Waals surface area contributed by atoms with Crippen LogP contribution in [0.3, 0.4) is 0 Å². The predicted octanol–water partition coefficient (Wildman–Crippen LogP) is 0.147. The zero-order chi connectivity index (χ0) is 13.1. The van der Waals surface area contributed by atoms with E-state index in [-0.39, 0.29) is 4.90 Å². The highest BCUT2D eigenvalue weighted by Crippen LogP contribution is 2.17. The summed E-state index contributed by atoms with van der Waals surface area (Å²) < 4.78 is 24.4. The van der Waals surface area contributed by atoms with Gasteiger partial charge in [0.15, 0.2) is 0 Å². The fourth-order valence-electron chi connectivity index (χ4n) is 1.80. The zero-order valence-corrected chi connectivity index (χ0v) is 11.3. The van der Waals surface area contributed by atoms with Crippen LogP contribution in [0.1, 0.15) is 24.7 Å². The van der Waals surface area contributed by atoms with Gasteiger partial charge in [0.1, 0.15) is 4.90 Å². The maximum absolute atomic E-state index is 11.4. The lowest BCUT2D eigenvalue weighted by atomic mass is 10.4. The first-order valence-electron chi connectivity index (χ1n) is 5.65. The smallest absolute Gasteiger partial charge is 0.241 e. The van der Waals surface area contributed by atoms with Crippen molar-refractivity contribution >= 4 is 10.0 Å². The minimum Gasteiger partial charge on any atom is -0.315 e. The standard InChI is InChI=1S/C10H20N4O2S/c1-4-5-12-6-7-14-9(3)10(8(2)13-14)17(11,15)16/h12H,4-7H2,1-3H3,(H2,11,15,16). The lowest BCUT2D eigenvalue weighted by Crippen LogP contribution is -2.22. The lowest BCUT2D eigenvalue weighted by Gasteiger charge is -2.05. The number of sulfonamides is 1. The summed E-state index contributed by atoms with van der Waals surface area (Å²) in [4.78, 5) is 0.146. The molecule has 0 aliphatic rings. The Hall–Kier alpha value is -0.920. The number of rotatable bonds is 6. The number of aromatic nitrogens is 2. The van der Waals surface area contributed by atoms with E-state index in [4.69, 9.17) is 5.14 Å². The molecule has 0 unspecified atom stereocenters. The van der Waals surface area contributed by atoms with Gasteiger partial charge >= 0.3 is 0 Å². The van der Waals surface area contributed by atoms with E-state index < -0.39 is 10.0 Å². The molecule has 0 spiro atoms. The molecular weight excluding hydrogens is 240 g/mol. The van der Waals surface area contributed by atoms with Gasteiger partial charge in [-0.25, -0.2) is 13.6 Å². The molecule has 0 radical (unpaired) electrons. The number of nitrogens with zero attached hydrogens (tertiary/aromatic N) is 2. The van der Waals surface area contributed by atoms with E-state index in [1.807, 2.05) is 0 Å². The number of nitrogens with two attached hydrogens (primary N) is 1. The van der Waals surface area contributed by atoms with E-state index >= 15 is 0 Å². The van der Waals surface area contributed by atoms with E-state index in [0.717, 1.165) is 19.5 Å². The van der Waals surface area contributed by atoms with E-state index in [0.29, 0.717) is 17.9 Å². The Kier molecular flexibility index (Phi) is 4.67. The fraction of sp³-hybridized carbons (Fsp3) is 0.700. The van der Waals surface area contributed by atoms with Crippen molar-refractivity contribution in [2.45, 2.75) is 38.6 Å². The molecule has 1 heterocycles. The van der Waals surface area contributed by atoms with Gasteiger partial charge in [0, 0.05) is 6.54 Å². The van der Waals surface area contributed by atoms with Crippen LogP contribution in [0.5, 0.6) is 0 Å². The summed E-state index contributed by atoms with van der Waals surface area (Å²) in [5.41, 5.74) is 1.06. The van der Waals surface area contributed by atoms with Crippen molar-refractivity contribution in [3.05, 3.63) is 11.4 Å². The Morgan fingerprint density at radius 3 is 2.47 bits per heavy atom. The van der Waals surface area contributed by atoms with Crippen LogP contribution in [0.15, 0.2) is 4.90 Å². The van der Waals surface area contributed by atoms with Gasteiger partial charge in [-0.3, -0.25) is 4.68 Å². The molecule has 0 saturated carbocycles. The minimum absolute atomic E-state index is 0.146. The quantitative estimate of drug-likeness (QED) is 0.712. The predicted molar refractivity (Wildman–Crippen MR) is 66.2 cm³/mol. The highest BCUT2D eigenvalue weighted by molar-refractivity contribution is 7.89. The Bertz CT molecular complexity index is 479. The van der Waals surface area contributed by atoms with Crippen molar-refractivity contribution in [2.24, 2.45) is 5.14 Å². The summed E-state index contributed by atoms with van der Waals surface area (Å²) in [6.45, 7) is 7.82. The summed E-state index contributed by atoms with van der Waals surface area (Å²) in [6, 6.07) is 0. The number of hydrogen-bond donors (Lipinski definition) is 2. The van der Waals surface area contributed by atoms with Gasteiger partial charge < -0.3 is 5.32 Å². The molecule has 0 saturated heterocycles. The number of hydrogen-bond acceptors (Lipinski definition) is 4. The molecule has 0 bridgehead atoms. The Balaban J connectivity index is 2.83. The zero-order valence-electron chi connectivity index (χ0n) is 10.5. The summed E-state index contributed by atoms with van der Waals surface area (Å²) >= 11 is 0. The maximum atomic E-state index is 11.4. The van der Waals surface area contributed by atoms with Crippen molar-refractivity contribution in [1.82, 2.24) is 15.1 Å². The molecule has 17 heavy (non-hydrogen) atoms. The third kappa shape index (κ3) is 3.52. The maximum Gasteiger partial charge on any atom is 0.241 e. The van der Waals surface area contributed by atoms with E-state index in [9.17, 15) is 8.42 Å². The monoisotopic (exact) mass is 260 g/mol. The Labute approximate surface area is 102 Å². The molecule has 0 atom stereocenters.